The van der Waals surface area contributed by atoms with Gasteiger partial charge in [-0.3, -0.25) is 14.4 Å². The molecule has 0 radical (unpaired) electrons. The fourth-order valence-electron chi connectivity index (χ4n) is 4.22. The van der Waals surface area contributed by atoms with Gasteiger partial charge in [0.15, 0.2) is 5.82 Å². The molecule has 2 heterocycles. The van der Waals surface area contributed by atoms with E-state index < -0.39 is 11.4 Å². The van der Waals surface area contributed by atoms with Gasteiger partial charge in [-0.1, -0.05) is 47.5 Å². The van der Waals surface area contributed by atoms with E-state index in [2.05, 4.69) is 21.4 Å². The first-order valence-electron chi connectivity index (χ1n) is 10.7. The van der Waals surface area contributed by atoms with Crippen LogP contribution in [0.4, 0.5) is 11.5 Å². The van der Waals surface area contributed by atoms with Crippen LogP contribution < -0.4 is 11.1 Å². The van der Waals surface area contributed by atoms with Crippen molar-refractivity contribution in [3.63, 3.8) is 0 Å². The summed E-state index contributed by atoms with van der Waals surface area (Å²) in [5.74, 6) is -0.186. The lowest BCUT2D eigenvalue weighted by Gasteiger charge is -2.41. The molecular formula is C24H24Cl2N6O. The van der Waals surface area contributed by atoms with Gasteiger partial charge in [-0.05, 0) is 37.1 Å². The SMILES string of the molecule is N#CCC1(n2cc(C(N)=O)c(Nc3ccccc3)n2)CCN(Cc2c(Cl)cccc2Cl)CC1. The molecule has 3 N–H and O–H groups in total. The number of nitriles is 1. The molecule has 2 aromatic carbocycles. The van der Waals surface area contributed by atoms with Crippen LogP contribution >= 0.6 is 23.2 Å². The smallest absolute Gasteiger partial charge is 0.254 e. The molecule has 3 aromatic rings. The maximum atomic E-state index is 12.1. The van der Waals surface area contributed by atoms with Gasteiger partial charge in [-0.2, -0.15) is 10.4 Å². The molecule has 0 aliphatic carbocycles. The number of anilines is 2. The number of nitrogens with two attached hydrogens (primary N) is 1. The second-order valence-electron chi connectivity index (χ2n) is 8.23. The summed E-state index contributed by atoms with van der Waals surface area (Å²) in [4.78, 5) is 14.4. The summed E-state index contributed by atoms with van der Waals surface area (Å²) in [5.41, 5.74) is 7.09. The van der Waals surface area contributed by atoms with Crippen LogP contribution in [0.1, 0.15) is 35.2 Å². The predicted molar refractivity (Wildman–Crippen MR) is 130 cm³/mol. The van der Waals surface area contributed by atoms with Gasteiger partial charge in [0.2, 0.25) is 0 Å². The van der Waals surface area contributed by atoms with Crippen molar-refractivity contribution in [2.75, 3.05) is 18.4 Å². The predicted octanol–water partition coefficient (Wildman–Crippen LogP) is 4.94. The first-order valence-corrected chi connectivity index (χ1v) is 11.4. The summed E-state index contributed by atoms with van der Waals surface area (Å²) in [6, 6.07) is 17.3. The molecule has 1 aromatic heterocycles. The minimum absolute atomic E-state index is 0.276. The van der Waals surface area contributed by atoms with Gasteiger partial charge in [0.25, 0.3) is 5.91 Å². The Hall–Kier alpha value is -3.05. The lowest BCUT2D eigenvalue weighted by atomic mass is 9.84. The zero-order chi connectivity index (χ0) is 23.4. The van der Waals surface area contributed by atoms with Crippen molar-refractivity contribution in [2.24, 2.45) is 5.73 Å². The van der Waals surface area contributed by atoms with E-state index in [9.17, 15) is 10.1 Å². The summed E-state index contributed by atoms with van der Waals surface area (Å²) in [6.07, 6.45) is 3.31. The van der Waals surface area contributed by atoms with Gasteiger partial charge in [-0.25, -0.2) is 0 Å². The third kappa shape index (κ3) is 4.98. The number of likely N-dealkylation sites (tertiary alicyclic amines) is 1. The Balaban J connectivity index is 1.57. The fourth-order valence-corrected chi connectivity index (χ4v) is 4.73. The highest BCUT2D eigenvalue weighted by atomic mass is 35.5. The van der Waals surface area contributed by atoms with E-state index in [1.807, 2.05) is 48.5 Å². The number of hydrogen-bond donors (Lipinski definition) is 2. The van der Waals surface area contributed by atoms with Gasteiger partial charge in [0.1, 0.15) is 5.56 Å². The number of primary amides is 1. The number of halogens is 2. The van der Waals surface area contributed by atoms with Crippen LogP contribution in [0.5, 0.6) is 0 Å². The number of carbonyl (C=O) groups is 1. The van der Waals surface area contributed by atoms with Gasteiger partial charge >= 0.3 is 0 Å². The van der Waals surface area contributed by atoms with Crippen molar-refractivity contribution in [3.8, 4) is 6.07 Å². The molecular weight excluding hydrogens is 459 g/mol. The largest absolute Gasteiger partial charge is 0.365 e. The molecule has 1 aliphatic rings. The van der Waals surface area contributed by atoms with Crippen LogP contribution in [0.3, 0.4) is 0 Å². The Morgan fingerprint density at radius 3 is 2.39 bits per heavy atom. The van der Waals surface area contributed by atoms with Crippen LogP contribution in [0, 0.1) is 11.3 Å². The molecule has 1 fully saturated rings. The van der Waals surface area contributed by atoms with Crippen LogP contribution in [-0.2, 0) is 12.1 Å². The maximum Gasteiger partial charge on any atom is 0.254 e. The number of nitrogens with one attached hydrogen (secondary N) is 1. The van der Waals surface area contributed by atoms with Crippen LogP contribution in [0.25, 0.3) is 0 Å². The third-order valence-electron chi connectivity index (χ3n) is 6.14. The molecule has 1 saturated heterocycles. The van der Waals surface area contributed by atoms with Gasteiger partial charge in [0.05, 0.1) is 18.0 Å². The average molecular weight is 483 g/mol. The summed E-state index contributed by atoms with van der Waals surface area (Å²) in [6.45, 7) is 2.10. The Bertz CT molecular complexity index is 1160. The molecule has 0 spiro atoms. The highest BCUT2D eigenvalue weighted by molar-refractivity contribution is 6.35. The number of rotatable bonds is 7. The van der Waals surface area contributed by atoms with E-state index in [1.54, 1.807) is 10.9 Å². The Kier molecular flexibility index (Phi) is 6.89. The van der Waals surface area contributed by atoms with Crippen molar-refractivity contribution in [1.82, 2.24) is 14.7 Å². The minimum Gasteiger partial charge on any atom is -0.365 e. The zero-order valence-corrected chi connectivity index (χ0v) is 19.5. The second-order valence-corrected chi connectivity index (χ2v) is 9.04. The Labute approximate surface area is 202 Å². The molecule has 170 valence electrons. The number of piperidine rings is 1. The summed E-state index contributed by atoms with van der Waals surface area (Å²) in [5, 5.41) is 18.7. The topological polar surface area (TPSA) is 100.0 Å². The highest BCUT2D eigenvalue weighted by Crippen LogP contribution is 2.36. The van der Waals surface area contributed by atoms with Gasteiger partial charge in [-0.15, -0.1) is 0 Å². The van der Waals surface area contributed by atoms with E-state index in [0.29, 0.717) is 40.8 Å². The molecule has 0 bridgehead atoms. The normalized spacial score (nSPS) is 15.7. The van der Waals surface area contributed by atoms with Crippen LogP contribution in [-0.4, -0.2) is 33.7 Å². The van der Waals surface area contributed by atoms with Crippen molar-refractivity contribution in [1.29, 1.82) is 5.26 Å². The molecule has 0 atom stereocenters. The second kappa shape index (κ2) is 9.84. The fraction of sp³-hybridized carbons (Fsp3) is 0.292. The number of hydrogen-bond acceptors (Lipinski definition) is 5. The number of carbonyl (C=O) groups excluding carboxylic acids is 1. The van der Waals surface area contributed by atoms with E-state index in [-0.39, 0.29) is 6.42 Å². The number of nitrogens with zero attached hydrogens (tertiary/aromatic N) is 4. The molecule has 7 nitrogen and oxygen atoms in total. The molecule has 0 unspecified atom stereocenters. The highest BCUT2D eigenvalue weighted by Gasteiger charge is 2.38. The van der Waals surface area contributed by atoms with Gasteiger partial charge in [0, 0.05) is 47.1 Å². The van der Waals surface area contributed by atoms with Crippen molar-refractivity contribution in [2.45, 2.75) is 31.3 Å². The molecule has 9 heteroatoms. The maximum absolute atomic E-state index is 12.1. The van der Waals surface area contributed by atoms with Gasteiger partial charge < -0.3 is 11.1 Å². The number of amides is 1. The molecule has 1 aliphatic heterocycles. The lowest BCUT2D eigenvalue weighted by Crippen LogP contribution is -2.46. The molecule has 4 rings (SSSR count). The van der Waals surface area contributed by atoms with Crippen molar-refractivity contribution >= 4 is 40.6 Å². The lowest BCUT2D eigenvalue weighted by molar-refractivity contribution is 0.0967. The van der Waals surface area contributed by atoms with E-state index >= 15 is 0 Å². The Morgan fingerprint density at radius 2 is 1.79 bits per heavy atom. The average Bonchev–Trinajstić information content (AvgIpc) is 3.23. The van der Waals surface area contributed by atoms with Crippen molar-refractivity contribution in [3.05, 3.63) is 75.9 Å². The quantitative estimate of drug-likeness (QED) is 0.496. The van der Waals surface area contributed by atoms with E-state index in [1.165, 1.54) is 0 Å². The number of para-hydroxylation sites is 1. The Morgan fingerprint density at radius 1 is 1.12 bits per heavy atom. The number of benzene rings is 2. The van der Waals surface area contributed by atoms with E-state index in [4.69, 9.17) is 28.9 Å². The van der Waals surface area contributed by atoms with Crippen LogP contribution in [0.15, 0.2) is 54.7 Å². The first kappa shape index (κ1) is 23.1. The monoisotopic (exact) mass is 482 g/mol. The standard InChI is InChI=1S/C24H24Cl2N6O/c25-20-7-4-8-21(26)18(20)15-31-13-10-24(9-12-27,11-14-31)32-16-19(22(28)33)23(30-32)29-17-5-2-1-3-6-17/h1-8,16H,9-11,13-15H2,(H2,28,33)(H,29,30). The molecule has 0 saturated carbocycles. The minimum atomic E-state index is -0.572. The third-order valence-corrected chi connectivity index (χ3v) is 6.85. The summed E-state index contributed by atoms with van der Waals surface area (Å²) in [7, 11) is 0. The first-order chi connectivity index (χ1) is 15.9. The number of aromatic nitrogens is 2. The molecule has 1 amide bonds. The summed E-state index contributed by atoms with van der Waals surface area (Å²) < 4.78 is 1.75. The zero-order valence-electron chi connectivity index (χ0n) is 18.0. The summed E-state index contributed by atoms with van der Waals surface area (Å²) >= 11 is 12.7. The molecule has 33 heavy (non-hydrogen) atoms. The van der Waals surface area contributed by atoms with E-state index in [0.717, 1.165) is 24.3 Å². The van der Waals surface area contributed by atoms with Crippen molar-refractivity contribution < 1.29 is 4.79 Å². The van der Waals surface area contributed by atoms with Crippen LogP contribution in [0.2, 0.25) is 10.0 Å².